The number of nitrogens with zero attached hydrogens (tertiary/aromatic N) is 3. The zero-order chi connectivity index (χ0) is 18.1. The lowest BCUT2D eigenvalue weighted by molar-refractivity contribution is -0.117. The van der Waals surface area contributed by atoms with Crippen LogP contribution in [0.15, 0.2) is 53.1 Å². The first-order chi connectivity index (χ1) is 12.7. The lowest BCUT2D eigenvalue weighted by Crippen LogP contribution is -2.25. The van der Waals surface area contributed by atoms with E-state index in [4.69, 9.17) is 4.52 Å². The second-order valence-corrected chi connectivity index (χ2v) is 6.36. The number of para-hydroxylation sites is 1. The van der Waals surface area contributed by atoms with Gasteiger partial charge in [0.2, 0.25) is 17.6 Å². The van der Waals surface area contributed by atoms with Crippen LogP contribution in [0, 0.1) is 5.82 Å². The summed E-state index contributed by atoms with van der Waals surface area (Å²) in [6.45, 7) is 2.43. The summed E-state index contributed by atoms with van der Waals surface area (Å²) in [6.07, 6.45) is 1.19. The summed E-state index contributed by atoms with van der Waals surface area (Å²) in [4.78, 5) is 18.2. The number of aryl methyl sites for hydroxylation is 1. The second-order valence-electron chi connectivity index (χ2n) is 6.36. The second kappa shape index (κ2) is 6.71. The summed E-state index contributed by atoms with van der Waals surface area (Å²) in [5.74, 6) is 0.111. The third-order valence-corrected chi connectivity index (χ3v) is 4.68. The first-order valence-electron chi connectivity index (χ1n) is 8.63. The molecule has 6 heteroatoms. The standard InChI is InChI=1S/C20H18FN3O2/c1-2-13-7-9-14(10-8-13)19-22-20(26-23-19)15-11-18(25)24(12-15)17-6-4-3-5-16(17)21/h3-10,15H,2,11-12H2,1H3. The number of benzene rings is 2. The van der Waals surface area contributed by atoms with Gasteiger partial charge in [0, 0.05) is 18.5 Å². The van der Waals surface area contributed by atoms with E-state index in [9.17, 15) is 9.18 Å². The molecule has 4 rings (SSSR count). The summed E-state index contributed by atoms with van der Waals surface area (Å²) in [6, 6.07) is 14.2. The van der Waals surface area contributed by atoms with E-state index in [1.807, 2.05) is 24.3 Å². The fourth-order valence-electron chi connectivity index (χ4n) is 3.18. The quantitative estimate of drug-likeness (QED) is 0.714. The molecule has 5 nitrogen and oxygen atoms in total. The Morgan fingerprint density at radius 2 is 1.96 bits per heavy atom. The molecule has 2 heterocycles. The molecule has 0 saturated carbocycles. The van der Waals surface area contributed by atoms with Gasteiger partial charge in [-0.3, -0.25) is 4.79 Å². The number of anilines is 1. The molecule has 1 aliphatic heterocycles. The maximum absolute atomic E-state index is 14.0. The third-order valence-electron chi connectivity index (χ3n) is 4.68. The summed E-state index contributed by atoms with van der Waals surface area (Å²) in [5.41, 5.74) is 2.39. The van der Waals surface area contributed by atoms with Gasteiger partial charge in [-0.05, 0) is 24.1 Å². The highest BCUT2D eigenvalue weighted by atomic mass is 19.1. The highest BCUT2D eigenvalue weighted by Gasteiger charge is 2.36. The molecule has 1 aliphatic rings. The number of amides is 1. The Morgan fingerprint density at radius 1 is 1.19 bits per heavy atom. The Hall–Kier alpha value is -3.02. The van der Waals surface area contributed by atoms with Gasteiger partial charge in [-0.25, -0.2) is 4.39 Å². The fraction of sp³-hybridized carbons (Fsp3) is 0.250. The number of carbonyl (C=O) groups is 1. The molecule has 26 heavy (non-hydrogen) atoms. The summed E-state index contributed by atoms with van der Waals surface area (Å²) in [7, 11) is 0. The van der Waals surface area contributed by atoms with Crippen LogP contribution in [0.5, 0.6) is 0 Å². The van der Waals surface area contributed by atoms with Crippen LogP contribution in [0.4, 0.5) is 10.1 Å². The van der Waals surface area contributed by atoms with Gasteiger partial charge in [-0.15, -0.1) is 0 Å². The number of rotatable bonds is 4. The number of hydrogen-bond acceptors (Lipinski definition) is 4. The van der Waals surface area contributed by atoms with Crippen LogP contribution in [-0.2, 0) is 11.2 Å². The predicted molar refractivity (Wildman–Crippen MR) is 95.2 cm³/mol. The van der Waals surface area contributed by atoms with Crippen molar-refractivity contribution in [2.45, 2.75) is 25.7 Å². The SMILES string of the molecule is CCc1ccc(-c2noc(C3CC(=O)N(c4ccccc4F)C3)n2)cc1. The van der Waals surface area contributed by atoms with E-state index in [2.05, 4.69) is 17.1 Å². The van der Waals surface area contributed by atoms with Crippen LogP contribution in [0.2, 0.25) is 0 Å². The molecule has 1 atom stereocenters. The van der Waals surface area contributed by atoms with E-state index < -0.39 is 5.82 Å². The Bertz CT molecular complexity index is 936. The van der Waals surface area contributed by atoms with Crippen molar-refractivity contribution in [1.82, 2.24) is 10.1 Å². The van der Waals surface area contributed by atoms with Crippen molar-refractivity contribution in [1.29, 1.82) is 0 Å². The van der Waals surface area contributed by atoms with Crippen molar-refractivity contribution in [2.75, 3.05) is 11.4 Å². The molecular weight excluding hydrogens is 333 g/mol. The minimum atomic E-state index is -0.413. The van der Waals surface area contributed by atoms with Gasteiger partial charge < -0.3 is 9.42 Å². The number of aromatic nitrogens is 2. The van der Waals surface area contributed by atoms with E-state index in [1.54, 1.807) is 18.2 Å². The molecule has 132 valence electrons. The summed E-state index contributed by atoms with van der Waals surface area (Å²) >= 11 is 0. The molecule has 0 radical (unpaired) electrons. The number of halogens is 1. The van der Waals surface area contributed by atoms with Crippen molar-refractivity contribution in [3.63, 3.8) is 0 Å². The summed E-state index contributed by atoms with van der Waals surface area (Å²) in [5, 5.41) is 4.04. The normalized spacial score (nSPS) is 17.1. The van der Waals surface area contributed by atoms with Gasteiger partial charge >= 0.3 is 0 Å². The molecular formula is C20H18FN3O2. The predicted octanol–water partition coefficient (Wildman–Crippen LogP) is 3.96. The minimum Gasteiger partial charge on any atom is -0.339 e. The van der Waals surface area contributed by atoms with Crippen LogP contribution in [0.25, 0.3) is 11.4 Å². The maximum Gasteiger partial charge on any atom is 0.232 e. The van der Waals surface area contributed by atoms with E-state index in [0.717, 1.165) is 12.0 Å². The van der Waals surface area contributed by atoms with Crippen molar-refractivity contribution in [2.24, 2.45) is 0 Å². The number of carbonyl (C=O) groups excluding carboxylic acids is 1. The number of hydrogen-bond donors (Lipinski definition) is 0. The zero-order valence-corrected chi connectivity index (χ0v) is 14.4. The molecule has 2 aromatic carbocycles. The lowest BCUT2D eigenvalue weighted by atomic mass is 10.1. The molecule has 0 spiro atoms. The highest BCUT2D eigenvalue weighted by Crippen LogP contribution is 2.33. The van der Waals surface area contributed by atoms with Crippen LogP contribution in [0.3, 0.4) is 0 Å². The Kier molecular flexibility index (Phi) is 4.24. The minimum absolute atomic E-state index is 0.146. The van der Waals surface area contributed by atoms with Gasteiger partial charge in [0.25, 0.3) is 0 Å². The first kappa shape index (κ1) is 16.4. The van der Waals surface area contributed by atoms with Crippen LogP contribution in [0.1, 0.15) is 30.7 Å². The molecule has 1 fully saturated rings. The largest absolute Gasteiger partial charge is 0.339 e. The van der Waals surface area contributed by atoms with Crippen molar-refractivity contribution in [3.05, 3.63) is 65.8 Å². The van der Waals surface area contributed by atoms with Gasteiger partial charge in [-0.2, -0.15) is 4.98 Å². The summed E-state index contributed by atoms with van der Waals surface area (Å²) < 4.78 is 19.4. The van der Waals surface area contributed by atoms with Crippen LogP contribution >= 0.6 is 0 Å². The third kappa shape index (κ3) is 2.98. The molecule has 0 bridgehead atoms. The van der Waals surface area contributed by atoms with Gasteiger partial charge in [0.05, 0.1) is 11.6 Å². The van der Waals surface area contributed by atoms with E-state index in [1.165, 1.54) is 16.5 Å². The molecule has 1 saturated heterocycles. The first-order valence-corrected chi connectivity index (χ1v) is 8.63. The smallest absolute Gasteiger partial charge is 0.232 e. The van der Waals surface area contributed by atoms with E-state index in [-0.39, 0.29) is 23.9 Å². The molecule has 0 N–H and O–H groups in total. The molecule has 1 unspecified atom stereocenters. The van der Waals surface area contributed by atoms with E-state index >= 15 is 0 Å². The van der Waals surface area contributed by atoms with Gasteiger partial charge in [0.15, 0.2) is 0 Å². The lowest BCUT2D eigenvalue weighted by Gasteiger charge is -2.16. The van der Waals surface area contributed by atoms with Crippen LogP contribution in [-0.4, -0.2) is 22.6 Å². The Balaban J connectivity index is 1.55. The average Bonchev–Trinajstić information content (AvgIpc) is 3.29. The van der Waals surface area contributed by atoms with Crippen LogP contribution < -0.4 is 4.90 Å². The van der Waals surface area contributed by atoms with Gasteiger partial charge in [0.1, 0.15) is 5.82 Å². The molecule has 1 aromatic heterocycles. The highest BCUT2D eigenvalue weighted by molar-refractivity contribution is 5.96. The van der Waals surface area contributed by atoms with E-state index in [0.29, 0.717) is 18.3 Å². The van der Waals surface area contributed by atoms with Crippen molar-refractivity contribution >= 4 is 11.6 Å². The molecule has 0 aliphatic carbocycles. The zero-order valence-electron chi connectivity index (χ0n) is 14.4. The molecule has 3 aromatic rings. The van der Waals surface area contributed by atoms with Crippen molar-refractivity contribution in [3.8, 4) is 11.4 Å². The van der Waals surface area contributed by atoms with Gasteiger partial charge in [-0.1, -0.05) is 48.5 Å². The topological polar surface area (TPSA) is 59.2 Å². The van der Waals surface area contributed by atoms with Crippen molar-refractivity contribution < 1.29 is 13.7 Å². The monoisotopic (exact) mass is 351 g/mol. The average molecular weight is 351 g/mol. The Labute approximate surface area is 150 Å². The fourth-order valence-corrected chi connectivity index (χ4v) is 3.18. The molecule has 1 amide bonds. The maximum atomic E-state index is 14.0. The Morgan fingerprint density at radius 3 is 2.69 bits per heavy atom.